The third kappa shape index (κ3) is 4.47. The molecule has 7 nitrogen and oxygen atoms in total. The standard InChI is InChI=1S/C22H20N6O/c1-2-7-20(29)25-19-11-6-8-16(12-19)15-28-21-17(14-24-28)13-23-22(27-21)26-18-9-4-3-5-10-18/h2-14H,15H2,1H3,(H,25,29)(H,23,26,27). The van der Waals surface area contributed by atoms with Gasteiger partial charge in [0.25, 0.3) is 0 Å². The van der Waals surface area contributed by atoms with Gasteiger partial charge in [-0.1, -0.05) is 36.4 Å². The van der Waals surface area contributed by atoms with Crippen LogP contribution in [0.25, 0.3) is 11.0 Å². The number of para-hydroxylation sites is 1. The highest BCUT2D eigenvalue weighted by molar-refractivity contribution is 5.99. The van der Waals surface area contributed by atoms with Crippen LogP contribution in [0.1, 0.15) is 12.5 Å². The minimum Gasteiger partial charge on any atom is -0.324 e. The number of amides is 1. The summed E-state index contributed by atoms with van der Waals surface area (Å²) in [6.07, 6.45) is 6.70. The van der Waals surface area contributed by atoms with Crippen LogP contribution in [0, 0.1) is 0 Å². The van der Waals surface area contributed by atoms with Gasteiger partial charge in [-0.2, -0.15) is 10.1 Å². The van der Waals surface area contributed by atoms with E-state index in [0.717, 1.165) is 28.0 Å². The number of rotatable bonds is 6. The second-order valence-corrected chi connectivity index (χ2v) is 6.46. The lowest BCUT2D eigenvalue weighted by molar-refractivity contribution is -0.111. The molecule has 144 valence electrons. The summed E-state index contributed by atoms with van der Waals surface area (Å²) < 4.78 is 1.82. The molecule has 2 aromatic carbocycles. The Morgan fingerprint density at radius 1 is 1.07 bits per heavy atom. The van der Waals surface area contributed by atoms with E-state index in [9.17, 15) is 4.79 Å². The fourth-order valence-electron chi connectivity index (χ4n) is 2.95. The van der Waals surface area contributed by atoms with Crippen LogP contribution in [0.4, 0.5) is 17.3 Å². The Hall–Kier alpha value is -4.00. The lowest BCUT2D eigenvalue weighted by Gasteiger charge is -2.08. The topological polar surface area (TPSA) is 84.7 Å². The number of allylic oxidation sites excluding steroid dienone is 1. The first kappa shape index (κ1) is 18.4. The molecule has 0 atom stereocenters. The van der Waals surface area contributed by atoms with Crippen LogP contribution < -0.4 is 10.6 Å². The fraction of sp³-hybridized carbons (Fsp3) is 0.0909. The molecule has 0 fully saturated rings. The average molecular weight is 384 g/mol. The molecule has 0 bridgehead atoms. The number of carbonyl (C=O) groups excluding carboxylic acids is 1. The average Bonchev–Trinajstić information content (AvgIpc) is 3.11. The molecular formula is C22H20N6O. The lowest BCUT2D eigenvalue weighted by Crippen LogP contribution is -2.09. The van der Waals surface area contributed by atoms with Crippen molar-refractivity contribution in [2.75, 3.05) is 10.6 Å². The highest BCUT2D eigenvalue weighted by Gasteiger charge is 2.08. The zero-order valence-corrected chi connectivity index (χ0v) is 15.9. The zero-order chi connectivity index (χ0) is 20.1. The van der Waals surface area contributed by atoms with E-state index in [0.29, 0.717) is 12.5 Å². The summed E-state index contributed by atoms with van der Waals surface area (Å²) in [6, 6.07) is 17.5. The summed E-state index contributed by atoms with van der Waals surface area (Å²) >= 11 is 0. The molecule has 1 amide bonds. The lowest BCUT2D eigenvalue weighted by atomic mass is 10.2. The molecular weight excluding hydrogens is 364 g/mol. The van der Waals surface area contributed by atoms with E-state index >= 15 is 0 Å². The van der Waals surface area contributed by atoms with Crippen LogP contribution in [0.2, 0.25) is 0 Å². The summed E-state index contributed by atoms with van der Waals surface area (Å²) in [5, 5.41) is 11.4. The van der Waals surface area contributed by atoms with Crippen molar-refractivity contribution < 1.29 is 4.79 Å². The van der Waals surface area contributed by atoms with Crippen molar-refractivity contribution in [2.45, 2.75) is 13.5 Å². The SMILES string of the molecule is CC=CC(=O)Nc1cccc(Cn2ncc3cnc(Nc4ccccc4)nc32)c1. The van der Waals surface area contributed by atoms with Gasteiger partial charge in [0, 0.05) is 17.6 Å². The van der Waals surface area contributed by atoms with E-state index in [1.165, 1.54) is 6.08 Å². The summed E-state index contributed by atoms with van der Waals surface area (Å²) in [5.74, 6) is 0.358. The van der Waals surface area contributed by atoms with Crippen molar-refractivity contribution in [1.82, 2.24) is 19.7 Å². The molecule has 7 heteroatoms. The van der Waals surface area contributed by atoms with Crippen LogP contribution in [0.15, 0.2) is 79.1 Å². The molecule has 4 aromatic rings. The summed E-state index contributed by atoms with van der Waals surface area (Å²) in [6.45, 7) is 2.33. The van der Waals surface area contributed by atoms with Gasteiger partial charge in [0.05, 0.1) is 18.1 Å². The summed E-state index contributed by atoms with van der Waals surface area (Å²) in [7, 11) is 0. The molecule has 2 aromatic heterocycles. The van der Waals surface area contributed by atoms with Crippen LogP contribution in [0.3, 0.4) is 0 Å². The number of aromatic nitrogens is 4. The molecule has 0 saturated heterocycles. The summed E-state index contributed by atoms with van der Waals surface area (Å²) in [4.78, 5) is 20.7. The number of nitrogens with one attached hydrogen (secondary N) is 2. The van der Waals surface area contributed by atoms with Gasteiger partial charge < -0.3 is 10.6 Å². The van der Waals surface area contributed by atoms with E-state index in [-0.39, 0.29) is 5.91 Å². The quantitative estimate of drug-likeness (QED) is 0.488. The highest BCUT2D eigenvalue weighted by Crippen LogP contribution is 2.18. The smallest absolute Gasteiger partial charge is 0.248 e. The molecule has 2 N–H and O–H groups in total. The van der Waals surface area contributed by atoms with Crippen LogP contribution in [0.5, 0.6) is 0 Å². The number of anilines is 3. The van der Waals surface area contributed by atoms with Crippen LogP contribution >= 0.6 is 0 Å². The van der Waals surface area contributed by atoms with E-state index in [2.05, 4.69) is 25.7 Å². The molecule has 0 unspecified atom stereocenters. The predicted octanol–water partition coefficient (Wildman–Crippen LogP) is 4.13. The third-order valence-corrected chi connectivity index (χ3v) is 4.25. The Morgan fingerprint density at radius 3 is 2.72 bits per heavy atom. The Balaban J connectivity index is 1.56. The Morgan fingerprint density at radius 2 is 1.90 bits per heavy atom. The molecule has 0 aliphatic rings. The van der Waals surface area contributed by atoms with Gasteiger partial charge in [-0.3, -0.25) is 4.79 Å². The number of hydrogen-bond acceptors (Lipinski definition) is 5. The maximum Gasteiger partial charge on any atom is 0.248 e. The Kier molecular flexibility index (Phi) is 5.29. The van der Waals surface area contributed by atoms with Gasteiger partial charge in [-0.05, 0) is 42.8 Å². The first-order valence-corrected chi connectivity index (χ1v) is 9.24. The maximum atomic E-state index is 11.8. The number of hydrogen-bond donors (Lipinski definition) is 2. The first-order valence-electron chi connectivity index (χ1n) is 9.24. The van der Waals surface area contributed by atoms with Crippen molar-refractivity contribution in [3.63, 3.8) is 0 Å². The number of carbonyl (C=O) groups is 1. The molecule has 0 radical (unpaired) electrons. The Bertz CT molecular complexity index is 1170. The van der Waals surface area contributed by atoms with Gasteiger partial charge in [-0.25, -0.2) is 9.67 Å². The minimum atomic E-state index is -0.154. The first-order chi connectivity index (χ1) is 14.2. The molecule has 2 heterocycles. The number of nitrogens with zero attached hydrogens (tertiary/aromatic N) is 4. The monoisotopic (exact) mass is 384 g/mol. The van der Waals surface area contributed by atoms with Crippen LogP contribution in [-0.2, 0) is 11.3 Å². The third-order valence-electron chi connectivity index (χ3n) is 4.25. The van der Waals surface area contributed by atoms with E-state index < -0.39 is 0 Å². The van der Waals surface area contributed by atoms with Gasteiger partial charge in [0.2, 0.25) is 11.9 Å². The molecule has 0 saturated carbocycles. The maximum absolute atomic E-state index is 11.8. The van der Waals surface area contributed by atoms with E-state index in [4.69, 9.17) is 0 Å². The molecule has 0 aliphatic carbocycles. The minimum absolute atomic E-state index is 0.154. The van der Waals surface area contributed by atoms with Crippen molar-refractivity contribution in [1.29, 1.82) is 0 Å². The molecule has 0 spiro atoms. The van der Waals surface area contributed by atoms with Crippen molar-refractivity contribution in [3.05, 3.63) is 84.7 Å². The Labute approximate surface area is 168 Å². The molecule has 0 aliphatic heterocycles. The van der Waals surface area contributed by atoms with E-state index in [1.807, 2.05) is 66.2 Å². The fourth-order valence-corrected chi connectivity index (χ4v) is 2.95. The number of fused-ring (bicyclic) bond motifs is 1. The highest BCUT2D eigenvalue weighted by atomic mass is 16.1. The van der Waals surface area contributed by atoms with Gasteiger partial charge in [0.15, 0.2) is 5.65 Å². The van der Waals surface area contributed by atoms with Gasteiger partial charge in [0.1, 0.15) is 0 Å². The largest absolute Gasteiger partial charge is 0.324 e. The van der Waals surface area contributed by atoms with Crippen molar-refractivity contribution >= 4 is 34.3 Å². The molecule has 4 rings (SSSR count). The van der Waals surface area contributed by atoms with Crippen molar-refractivity contribution in [3.8, 4) is 0 Å². The predicted molar refractivity (Wildman–Crippen MR) is 114 cm³/mol. The number of benzene rings is 2. The second kappa shape index (κ2) is 8.35. The summed E-state index contributed by atoms with van der Waals surface area (Å²) in [5.41, 5.74) is 3.40. The van der Waals surface area contributed by atoms with Crippen molar-refractivity contribution in [2.24, 2.45) is 0 Å². The normalized spacial score (nSPS) is 11.1. The van der Waals surface area contributed by atoms with Gasteiger partial charge >= 0.3 is 0 Å². The zero-order valence-electron chi connectivity index (χ0n) is 15.9. The second-order valence-electron chi connectivity index (χ2n) is 6.46. The van der Waals surface area contributed by atoms with E-state index in [1.54, 1.807) is 18.5 Å². The van der Waals surface area contributed by atoms with Crippen LogP contribution in [-0.4, -0.2) is 25.7 Å². The molecule has 29 heavy (non-hydrogen) atoms. The van der Waals surface area contributed by atoms with Gasteiger partial charge in [-0.15, -0.1) is 0 Å².